The van der Waals surface area contributed by atoms with Gasteiger partial charge in [0, 0.05) is 10.0 Å². The summed E-state index contributed by atoms with van der Waals surface area (Å²) in [6.45, 7) is 6.52. The van der Waals surface area contributed by atoms with Crippen molar-refractivity contribution < 1.29 is 9.90 Å². The first-order chi connectivity index (χ1) is 10.8. The van der Waals surface area contributed by atoms with E-state index in [1.165, 1.54) is 5.56 Å². The zero-order valence-corrected chi connectivity index (χ0v) is 14.7. The van der Waals surface area contributed by atoms with Crippen LogP contribution in [0.25, 0.3) is 22.4 Å². The number of nitrogens with one attached hydrogen (secondary N) is 1. The average molecular weight is 373 g/mol. The number of aromatic carboxylic acids is 1. The van der Waals surface area contributed by atoms with Crippen molar-refractivity contribution in [3.05, 3.63) is 52.0 Å². The SMILES string of the molecule is CC(C)(C)c1ccc(-c2nc3c(Br)cc(C(=O)O)cc3[nH]2)cc1. The summed E-state index contributed by atoms with van der Waals surface area (Å²) in [6, 6.07) is 11.4. The predicted molar refractivity (Wildman–Crippen MR) is 94.9 cm³/mol. The highest BCUT2D eigenvalue weighted by atomic mass is 79.9. The number of carboxylic acids is 1. The van der Waals surface area contributed by atoms with E-state index in [0.717, 1.165) is 16.9 Å². The summed E-state index contributed by atoms with van der Waals surface area (Å²) in [7, 11) is 0. The molecule has 0 saturated heterocycles. The molecule has 0 fully saturated rings. The summed E-state index contributed by atoms with van der Waals surface area (Å²) in [5, 5.41) is 9.14. The Labute approximate surface area is 142 Å². The summed E-state index contributed by atoms with van der Waals surface area (Å²) in [4.78, 5) is 18.9. The Morgan fingerprint density at radius 1 is 1.17 bits per heavy atom. The minimum absolute atomic E-state index is 0.103. The first kappa shape index (κ1) is 15.7. The van der Waals surface area contributed by atoms with Crippen LogP contribution in [0, 0.1) is 0 Å². The standard InChI is InChI=1S/C18H17BrN2O2/c1-18(2,3)12-6-4-10(5-7-12)16-20-14-9-11(17(22)23)8-13(19)15(14)21-16/h4-9H,1-3H3,(H,20,21)(H,22,23). The van der Waals surface area contributed by atoms with E-state index in [4.69, 9.17) is 5.11 Å². The fourth-order valence-corrected chi connectivity index (χ4v) is 3.01. The molecule has 2 N–H and O–H groups in total. The predicted octanol–water partition coefficient (Wildman–Crippen LogP) is 4.99. The van der Waals surface area contributed by atoms with Crippen LogP contribution in [0.15, 0.2) is 40.9 Å². The smallest absolute Gasteiger partial charge is 0.335 e. The quantitative estimate of drug-likeness (QED) is 0.665. The van der Waals surface area contributed by atoms with Crippen LogP contribution in [0.1, 0.15) is 36.7 Å². The van der Waals surface area contributed by atoms with Gasteiger partial charge in [-0.3, -0.25) is 0 Å². The van der Waals surface area contributed by atoms with E-state index in [0.29, 0.717) is 9.99 Å². The first-order valence-electron chi connectivity index (χ1n) is 7.29. The van der Waals surface area contributed by atoms with Crippen molar-refractivity contribution in [2.45, 2.75) is 26.2 Å². The van der Waals surface area contributed by atoms with Crippen molar-refractivity contribution in [1.29, 1.82) is 0 Å². The highest BCUT2D eigenvalue weighted by molar-refractivity contribution is 9.10. The monoisotopic (exact) mass is 372 g/mol. The third-order valence-corrected chi connectivity index (χ3v) is 4.42. The van der Waals surface area contributed by atoms with Gasteiger partial charge in [-0.05, 0) is 39.0 Å². The molecule has 0 unspecified atom stereocenters. The Morgan fingerprint density at radius 3 is 2.39 bits per heavy atom. The van der Waals surface area contributed by atoms with Crippen LogP contribution in [0.5, 0.6) is 0 Å². The van der Waals surface area contributed by atoms with Crippen molar-refractivity contribution in [3.8, 4) is 11.4 Å². The number of aromatic nitrogens is 2. The summed E-state index contributed by atoms with van der Waals surface area (Å²) in [5.74, 6) is -0.234. The van der Waals surface area contributed by atoms with Gasteiger partial charge in [-0.25, -0.2) is 9.78 Å². The minimum atomic E-state index is -0.960. The number of imidazole rings is 1. The topological polar surface area (TPSA) is 66.0 Å². The van der Waals surface area contributed by atoms with E-state index < -0.39 is 5.97 Å². The molecule has 0 atom stereocenters. The van der Waals surface area contributed by atoms with Crippen molar-refractivity contribution >= 4 is 32.9 Å². The molecule has 3 aromatic rings. The second-order valence-electron chi connectivity index (χ2n) is 6.57. The van der Waals surface area contributed by atoms with Gasteiger partial charge in [0.05, 0.1) is 11.1 Å². The molecule has 0 radical (unpaired) electrons. The maximum absolute atomic E-state index is 11.1. The van der Waals surface area contributed by atoms with E-state index in [9.17, 15) is 4.79 Å². The lowest BCUT2D eigenvalue weighted by molar-refractivity contribution is 0.0697. The van der Waals surface area contributed by atoms with Gasteiger partial charge in [-0.15, -0.1) is 0 Å². The number of hydrogen-bond acceptors (Lipinski definition) is 2. The second kappa shape index (κ2) is 5.49. The molecule has 2 aromatic carbocycles. The third-order valence-electron chi connectivity index (χ3n) is 3.81. The Kier molecular flexibility index (Phi) is 3.76. The number of hydrogen-bond donors (Lipinski definition) is 2. The molecule has 0 amide bonds. The van der Waals surface area contributed by atoms with Crippen LogP contribution in [0.3, 0.4) is 0 Å². The van der Waals surface area contributed by atoms with Gasteiger partial charge in [-0.2, -0.15) is 0 Å². The number of aromatic amines is 1. The lowest BCUT2D eigenvalue weighted by Gasteiger charge is -2.18. The fourth-order valence-electron chi connectivity index (χ4n) is 2.46. The number of carbonyl (C=O) groups is 1. The molecule has 0 aliphatic carbocycles. The Bertz CT molecular complexity index is 890. The van der Waals surface area contributed by atoms with Crippen LogP contribution in [-0.4, -0.2) is 21.0 Å². The van der Waals surface area contributed by atoms with Gasteiger partial charge in [0.15, 0.2) is 0 Å². The highest BCUT2D eigenvalue weighted by Crippen LogP contribution is 2.29. The van der Waals surface area contributed by atoms with Crippen LogP contribution in [0.4, 0.5) is 0 Å². The molecule has 0 saturated carbocycles. The molecule has 0 spiro atoms. The zero-order valence-electron chi connectivity index (χ0n) is 13.1. The van der Waals surface area contributed by atoms with Crippen LogP contribution >= 0.6 is 15.9 Å². The van der Waals surface area contributed by atoms with E-state index in [2.05, 4.69) is 58.8 Å². The molecule has 0 bridgehead atoms. The first-order valence-corrected chi connectivity index (χ1v) is 8.08. The van der Waals surface area contributed by atoms with Gasteiger partial charge in [0.1, 0.15) is 11.3 Å². The highest BCUT2D eigenvalue weighted by Gasteiger charge is 2.15. The molecule has 3 rings (SSSR count). The van der Waals surface area contributed by atoms with Crippen LogP contribution in [-0.2, 0) is 5.41 Å². The molecule has 1 aromatic heterocycles. The summed E-state index contributed by atoms with van der Waals surface area (Å²) in [5.41, 5.74) is 3.98. The summed E-state index contributed by atoms with van der Waals surface area (Å²) in [6.07, 6.45) is 0. The number of rotatable bonds is 2. The average Bonchev–Trinajstić information content (AvgIpc) is 2.91. The van der Waals surface area contributed by atoms with Crippen molar-refractivity contribution in [1.82, 2.24) is 9.97 Å². The largest absolute Gasteiger partial charge is 0.478 e. The summed E-state index contributed by atoms with van der Waals surface area (Å²) < 4.78 is 0.668. The molecule has 23 heavy (non-hydrogen) atoms. The van der Waals surface area contributed by atoms with Crippen LogP contribution < -0.4 is 0 Å². The van der Waals surface area contributed by atoms with Crippen molar-refractivity contribution in [3.63, 3.8) is 0 Å². The number of halogens is 1. The van der Waals surface area contributed by atoms with Crippen LogP contribution in [0.2, 0.25) is 0 Å². The van der Waals surface area contributed by atoms with Gasteiger partial charge in [0.25, 0.3) is 0 Å². The Hall–Kier alpha value is -2.14. The van der Waals surface area contributed by atoms with Gasteiger partial charge in [0.2, 0.25) is 0 Å². The molecule has 4 nitrogen and oxygen atoms in total. The van der Waals surface area contributed by atoms with Gasteiger partial charge < -0.3 is 10.1 Å². The second-order valence-corrected chi connectivity index (χ2v) is 7.43. The molecule has 118 valence electrons. The lowest BCUT2D eigenvalue weighted by Crippen LogP contribution is -2.10. The number of carboxylic acid groups (broad SMARTS) is 1. The molecular formula is C18H17BrN2O2. The third kappa shape index (κ3) is 3.01. The summed E-state index contributed by atoms with van der Waals surface area (Å²) >= 11 is 3.39. The fraction of sp³-hybridized carbons (Fsp3) is 0.222. The molecule has 0 aliphatic heterocycles. The maximum Gasteiger partial charge on any atom is 0.335 e. The number of fused-ring (bicyclic) bond motifs is 1. The normalized spacial score (nSPS) is 11.8. The van der Waals surface area contributed by atoms with Gasteiger partial charge in [-0.1, -0.05) is 45.0 Å². The Morgan fingerprint density at radius 2 is 1.83 bits per heavy atom. The maximum atomic E-state index is 11.1. The van der Waals surface area contributed by atoms with E-state index in [1.807, 2.05) is 12.1 Å². The molecule has 0 aliphatic rings. The van der Waals surface area contributed by atoms with Crippen molar-refractivity contribution in [2.75, 3.05) is 0 Å². The number of benzene rings is 2. The minimum Gasteiger partial charge on any atom is -0.478 e. The Balaban J connectivity index is 2.07. The lowest BCUT2D eigenvalue weighted by atomic mass is 9.87. The molecule has 5 heteroatoms. The van der Waals surface area contributed by atoms with Gasteiger partial charge >= 0.3 is 5.97 Å². The van der Waals surface area contributed by atoms with E-state index >= 15 is 0 Å². The number of nitrogens with zero attached hydrogens (tertiary/aromatic N) is 1. The van der Waals surface area contributed by atoms with E-state index in [1.54, 1.807) is 12.1 Å². The number of H-pyrrole nitrogens is 1. The zero-order chi connectivity index (χ0) is 16.8. The van der Waals surface area contributed by atoms with E-state index in [-0.39, 0.29) is 11.0 Å². The molecule has 1 heterocycles. The van der Waals surface area contributed by atoms with Crippen molar-refractivity contribution in [2.24, 2.45) is 0 Å². The molecular weight excluding hydrogens is 356 g/mol.